The smallest absolute Gasteiger partial charge is 0.288 e. The van der Waals surface area contributed by atoms with E-state index in [2.05, 4.69) is 10.6 Å². The van der Waals surface area contributed by atoms with Crippen LogP contribution in [0.15, 0.2) is 71.3 Å². The topological polar surface area (TPSA) is 114 Å². The van der Waals surface area contributed by atoms with Gasteiger partial charge in [-0.2, -0.15) is 0 Å². The number of nitro groups is 1. The minimum atomic E-state index is -1.10. The summed E-state index contributed by atoms with van der Waals surface area (Å²) in [4.78, 5) is 35.7. The lowest BCUT2D eigenvalue weighted by atomic mass is 10.1. The minimum Gasteiger partial charge on any atom is -0.459 e. The predicted octanol–water partition coefficient (Wildman–Crippen LogP) is 3.55. The van der Waals surface area contributed by atoms with E-state index < -0.39 is 17.0 Å². The van der Waals surface area contributed by atoms with Crippen LogP contribution in [0.4, 0.5) is 11.4 Å². The number of nitro benzene ring substituents is 1. The van der Waals surface area contributed by atoms with Crippen molar-refractivity contribution in [2.75, 3.05) is 5.32 Å². The maximum Gasteiger partial charge on any atom is 0.288 e. The van der Waals surface area contributed by atoms with Crippen molar-refractivity contribution in [2.24, 2.45) is 0 Å². The van der Waals surface area contributed by atoms with Gasteiger partial charge in [-0.05, 0) is 30.7 Å². The van der Waals surface area contributed by atoms with Crippen molar-refractivity contribution in [3.8, 4) is 0 Å². The summed E-state index contributed by atoms with van der Waals surface area (Å²) in [6.07, 6.45) is 0.261. The Kier molecular flexibility index (Phi) is 5.50. The molecule has 3 aromatic rings. The molecule has 3 rings (SSSR count). The van der Waals surface area contributed by atoms with E-state index in [0.717, 1.165) is 0 Å². The van der Waals surface area contributed by atoms with Crippen LogP contribution in [-0.2, 0) is 0 Å². The van der Waals surface area contributed by atoms with Gasteiger partial charge in [0.2, 0.25) is 5.78 Å². The number of rotatable bonds is 7. The van der Waals surface area contributed by atoms with Crippen LogP contribution in [0.1, 0.15) is 26.5 Å². The molecule has 0 spiro atoms. The summed E-state index contributed by atoms with van der Waals surface area (Å²) >= 11 is 0. The third kappa shape index (κ3) is 4.24. The van der Waals surface area contributed by atoms with E-state index in [4.69, 9.17) is 4.42 Å². The van der Waals surface area contributed by atoms with E-state index in [1.807, 2.05) is 0 Å². The highest BCUT2D eigenvalue weighted by Gasteiger charge is 2.24. The second-order valence-electron chi connectivity index (χ2n) is 6.01. The lowest BCUT2D eigenvalue weighted by molar-refractivity contribution is -0.384. The summed E-state index contributed by atoms with van der Waals surface area (Å²) in [5, 5.41) is 16.5. The molecule has 8 heteroatoms. The normalized spacial score (nSPS) is 11.5. The fraction of sp³-hybridized carbons (Fsp3) is 0.100. The van der Waals surface area contributed by atoms with Gasteiger partial charge in [0.15, 0.2) is 11.9 Å². The van der Waals surface area contributed by atoms with Gasteiger partial charge in [-0.1, -0.05) is 30.3 Å². The van der Waals surface area contributed by atoms with E-state index >= 15 is 0 Å². The van der Waals surface area contributed by atoms with Crippen molar-refractivity contribution in [3.05, 3.63) is 93.9 Å². The zero-order chi connectivity index (χ0) is 20.1. The van der Waals surface area contributed by atoms with Gasteiger partial charge in [-0.3, -0.25) is 19.7 Å². The summed E-state index contributed by atoms with van der Waals surface area (Å²) in [7, 11) is 0. The molecule has 0 aliphatic heterocycles. The average Bonchev–Trinajstić information content (AvgIpc) is 3.23. The number of carbonyl (C=O) groups excluding carboxylic acids is 2. The van der Waals surface area contributed by atoms with Gasteiger partial charge in [0.1, 0.15) is 0 Å². The molecule has 1 amide bonds. The standard InChI is InChI=1S/C20H17N3O5/c1-13-12-15(23(26)27)9-10-16(13)21-19(18(24)14-6-3-2-4-7-14)22-20(25)17-8-5-11-28-17/h2-12,19,21H,1H3,(H,22,25)/t19-/m0/s1. The van der Waals surface area contributed by atoms with Gasteiger partial charge in [-0.15, -0.1) is 0 Å². The summed E-state index contributed by atoms with van der Waals surface area (Å²) in [6.45, 7) is 1.67. The molecule has 1 aromatic heterocycles. The van der Waals surface area contributed by atoms with Gasteiger partial charge in [0.05, 0.1) is 11.2 Å². The lowest BCUT2D eigenvalue weighted by Gasteiger charge is -2.21. The van der Waals surface area contributed by atoms with Crippen molar-refractivity contribution in [1.29, 1.82) is 0 Å². The fourth-order valence-corrected chi connectivity index (χ4v) is 2.63. The third-order valence-electron chi connectivity index (χ3n) is 4.06. The van der Waals surface area contributed by atoms with Crippen LogP contribution < -0.4 is 10.6 Å². The lowest BCUT2D eigenvalue weighted by Crippen LogP contribution is -2.46. The van der Waals surface area contributed by atoms with Crippen LogP contribution in [-0.4, -0.2) is 22.8 Å². The molecule has 0 aliphatic rings. The van der Waals surface area contributed by atoms with E-state index in [1.165, 1.54) is 30.5 Å². The number of hydrogen-bond donors (Lipinski definition) is 2. The number of hydrogen-bond acceptors (Lipinski definition) is 6. The number of anilines is 1. The highest BCUT2D eigenvalue weighted by atomic mass is 16.6. The number of Topliss-reactive ketones (excluding diaryl/α,β-unsaturated/α-hetero) is 1. The van der Waals surface area contributed by atoms with E-state index in [-0.39, 0.29) is 17.2 Å². The summed E-state index contributed by atoms with van der Waals surface area (Å²) in [6, 6.07) is 15.8. The number of nitrogens with zero attached hydrogens (tertiary/aromatic N) is 1. The number of amides is 1. The molecule has 2 aromatic carbocycles. The third-order valence-corrected chi connectivity index (χ3v) is 4.06. The average molecular weight is 379 g/mol. The SMILES string of the molecule is Cc1cc([N+](=O)[O-])ccc1N[C@@H](NC(=O)c1ccco1)C(=O)c1ccccc1. The van der Waals surface area contributed by atoms with Crippen molar-refractivity contribution >= 4 is 23.1 Å². The van der Waals surface area contributed by atoms with Crippen LogP contribution in [0.5, 0.6) is 0 Å². The maximum absolute atomic E-state index is 12.9. The quantitative estimate of drug-likeness (QED) is 0.281. The number of furan rings is 1. The Bertz CT molecular complexity index is 1000. The van der Waals surface area contributed by atoms with Crippen molar-refractivity contribution in [1.82, 2.24) is 5.32 Å². The summed E-state index contributed by atoms with van der Waals surface area (Å²) < 4.78 is 5.07. The first kappa shape index (κ1) is 18.8. The summed E-state index contributed by atoms with van der Waals surface area (Å²) in [5.74, 6) is -0.863. The zero-order valence-electron chi connectivity index (χ0n) is 14.9. The highest BCUT2D eigenvalue weighted by molar-refractivity contribution is 6.04. The molecule has 0 saturated heterocycles. The molecule has 8 nitrogen and oxygen atoms in total. The highest BCUT2D eigenvalue weighted by Crippen LogP contribution is 2.22. The Morgan fingerprint density at radius 2 is 1.82 bits per heavy atom. The molecule has 142 valence electrons. The first-order valence-electron chi connectivity index (χ1n) is 8.41. The molecule has 1 atom stereocenters. The Hall–Kier alpha value is -3.94. The van der Waals surface area contributed by atoms with Crippen LogP contribution in [0.3, 0.4) is 0 Å². The van der Waals surface area contributed by atoms with Crippen LogP contribution in [0.2, 0.25) is 0 Å². The maximum atomic E-state index is 12.9. The Labute approximate surface area is 160 Å². The number of ketones is 1. The van der Waals surface area contributed by atoms with Gasteiger partial charge < -0.3 is 15.1 Å². The molecule has 0 unspecified atom stereocenters. The molecular weight excluding hydrogens is 362 g/mol. The molecule has 28 heavy (non-hydrogen) atoms. The number of non-ortho nitro benzene ring substituents is 1. The first-order chi connectivity index (χ1) is 13.5. The first-order valence-corrected chi connectivity index (χ1v) is 8.41. The van der Waals surface area contributed by atoms with Gasteiger partial charge in [-0.25, -0.2) is 0 Å². The van der Waals surface area contributed by atoms with Crippen LogP contribution in [0.25, 0.3) is 0 Å². The predicted molar refractivity (Wildman–Crippen MR) is 102 cm³/mol. The van der Waals surface area contributed by atoms with Gasteiger partial charge in [0, 0.05) is 23.4 Å². The number of benzene rings is 2. The molecular formula is C20H17N3O5. The Balaban J connectivity index is 1.88. The van der Waals surface area contributed by atoms with Gasteiger partial charge in [0.25, 0.3) is 11.6 Å². The van der Waals surface area contributed by atoms with E-state index in [0.29, 0.717) is 16.8 Å². The largest absolute Gasteiger partial charge is 0.459 e. The monoisotopic (exact) mass is 379 g/mol. The molecule has 0 radical (unpaired) electrons. The van der Waals surface area contributed by atoms with E-state index in [1.54, 1.807) is 43.3 Å². The fourth-order valence-electron chi connectivity index (χ4n) is 2.63. The van der Waals surface area contributed by atoms with E-state index in [9.17, 15) is 19.7 Å². The van der Waals surface area contributed by atoms with Crippen molar-refractivity contribution < 1.29 is 18.9 Å². The van der Waals surface area contributed by atoms with Gasteiger partial charge >= 0.3 is 0 Å². The molecule has 0 fully saturated rings. The molecule has 2 N–H and O–H groups in total. The molecule has 0 bridgehead atoms. The molecule has 1 heterocycles. The Morgan fingerprint density at radius 1 is 1.07 bits per heavy atom. The summed E-state index contributed by atoms with van der Waals surface area (Å²) in [5.41, 5.74) is 1.39. The number of nitrogens with one attached hydrogen (secondary N) is 2. The minimum absolute atomic E-state index is 0.0615. The number of carbonyl (C=O) groups is 2. The van der Waals surface area contributed by atoms with Crippen molar-refractivity contribution in [2.45, 2.75) is 13.1 Å². The zero-order valence-corrected chi connectivity index (χ0v) is 14.9. The molecule has 0 saturated carbocycles. The molecule has 0 aliphatic carbocycles. The second kappa shape index (κ2) is 8.17. The number of aryl methyl sites for hydroxylation is 1. The van der Waals surface area contributed by atoms with Crippen molar-refractivity contribution in [3.63, 3.8) is 0 Å². The Morgan fingerprint density at radius 3 is 2.43 bits per heavy atom. The second-order valence-corrected chi connectivity index (χ2v) is 6.01. The van der Waals surface area contributed by atoms with Crippen LogP contribution >= 0.6 is 0 Å². The van der Waals surface area contributed by atoms with Crippen LogP contribution in [0, 0.1) is 17.0 Å².